The first-order valence-electron chi connectivity index (χ1n) is 7.44. The molecular weight excluding hydrogens is 300 g/mol. The second-order valence-corrected chi connectivity index (χ2v) is 11.8. The van der Waals surface area contributed by atoms with Gasteiger partial charge in [-0.1, -0.05) is 20.8 Å². The van der Waals surface area contributed by atoms with Crippen LogP contribution in [-0.4, -0.2) is 57.0 Å². The van der Waals surface area contributed by atoms with Crippen molar-refractivity contribution < 1.29 is 19.1 Å². The fourth-order valence-electron chi connectivity index (χ4n) is 1.74. The van der Waals surface area contributed by atoms with E-state index in [4.69, 9.17) is 14.3 Å². The van der Waals surface area contributed by atoms with E-state index in [0.717, 1.165) is 0 Å². The number of aliphatic imine (C=N–C) groups is 1. The molecule has 7 heteroatoms. The van der Waals surface area contributed by atoms with E-state index in [1.165, 1.54) is 6.21 Å². The number of hydrogen-bond acceptors (Lipinski definition) is 5. The van der Waals surface area contributed by atoms with Crippen LogP contribution >= 0.6 is 0 Å². The van der Waals surface area contributed by atoms with Gasteiger partial charge in [0.25, 0.3) is 0 Å². The molecule has 1 aliphatic heterocycles. The summed E-state index contributed by atoms with van der Waals surface area (Å²) in [6, 6.07) is 0. The fraction of sp³-hybridized carbons (Fsp3) is 0.733. The molecule has 1 rings (SSSR count). The molecule has 0 saturated heterocycles. The molecule has 6 nitrogen and oxygen atoms in total. The Labute approximate surface area is 133 Å². The number of rotatable bonds is 6. The van der Waals surface area contributed by atoms with Gasteiger partial charge < -0.3 is 19.2 Å². The lowest BCUT2D eigenvalue weighted by atomic mass is 10.2. The molecule has 0 aromatic heterocycles. The highest BCUT2D eigenvalue weighted by Crippen LogP contribution is 2.36. The average molecular weight is 328 g/mol. The second-order valence-electron chi connectivity index (χ2n) is 7.00. The quantitative estimate of drug-likeness (QED) is 0.599. The maximum Gasteiger partial charge on any atom is 0.356 e. The zero-order chi connectivity index (χ0) is 17.1. The van der Waals surface area contributed by atoms with Crippen molar-refractivity contribution in [3.63, 3.8) is 0 Å². The first-order chi connectivity index (χ1) is 9.97. The third kappa shape index (κ3) is 4.41. The van der Waals surface area contributed by atoms with Crippen molar-refractivity contribution in [1.82, 2.24) is 4.90 Å². The first kappa shape index (κ1) is 18.9. The molecule has 1 aliphatic rings. The number of ether oxygens (including phenoxy) is 1. The summed E-state index contributed by atoms with van der Waals surface area (Å²) >= 11 is 0. The van der Waals surface area contributed by atoms with Crippen molar-refractivity contribution in [3.8, 4) is 0 Å². The van der Waals surface area contributed by atoms with Crippen LogP contribution in [0.5, 0.6) is 0 Å². The summed E-state index contributed by atoms with van der Waals surface area (Å²) in [6.07, 6.45) is 1.16. The summed E-state index contributed by atoms with van der Waals surface area (Å²) in [6.45, 7) is 13.7. The van der Waals surface area contributed by atoms with Crippen LogP contribution < -0.4 is 0 Å². The van der Waals surface area contributed by atoms with Gasteiger partial charge in [0.15, 0.2) is 20.2 Å². The van der Waals surface area contributed by atoms with Crippen molar-refractivity contribution in [3.05, 3.63) is 11.4 Å². The number of aliphatic carboxylic acids is 1. The maximum absolute atomic E-state index is 11.0. The van der Waals surface area contributed by atoms with Crippen LogP contribution in [0, 0.1) is 0 Å². The Morgan fingerprint density at radius 1 is 1.41 bits per heavy atom. The normalized spacial score (nSPS) is 19.8. The number of carbonyl (C=O) groups is 1. The number of nitrogens with zero attached hydrogens (tertiary/aromatic N) is 2. The van der Waals surface area contributed by atoms with E-state index in [1.807, 2.05) is 0 Å². The van der Waals surface area contributed by atoms with Gasteiger partial charge in [-0.3, -0.25) is 0 Å². The van der Waals surface area contributed by atoms with E-state index in [0.29, 0.717) is 18.9 Å². The van der Waals surface area contributed by atoms with E-state index in [-0.39, 0.29) is 17.0 Å². The number of hydrogen-bond donors (Lipinski definition) is 1. The molecule has 22 heavy (non-hydrogen) atoms. The minimum atomic E-state index is -1.76. The highest BCUT2D eigenvalue weighted by Gasteiger charge is 2.37. The molecule has 0 aliphatic carbocycles. The van der Waals surface area contributed by atoms with Crippen LogP contribution in [-0.2, 0) is 14.0 Å². The van der Waals surface area contributed by atoms with E-state index < -0.39 is 14.3 Å². The van der Waals surface area contributed by atoms with Crippen LogP contribution in [0.15, 0.2) is 16.4 Å². The number of allylic oxidation sites excluding steroid dienone is 1. The molecule has 0 spiro atoms. The van der Waals surface area contributed by atoms with E-state index in [2.05, 4.69) is 38.9 Å². The van der Waals surface area contributed by atoms with Gasteiger partial charge in [-0.2, -0.15) is 0 Å². The predicted molar refractivity (Wildman–Crippen MR) is 89.5 cm³/mol. The van der Waals surface area contributed by atoms with Crippen molar-refractivity contribution in [1.29, 1.82) is 0 Å². The highest BCUT2D eigenvalue weighted by molar-refractivity contribution is 6.74. The van der Waals surface area contributed by atoms with Gasteiger partial charge >= 0.3 is 5.97 Å². The Kier molecular flexibility index (Phi) is 5.94. The SMILES string of the molecule is CC1=C(C(=O)O)N=CC(OCCO[Si](C)(C)C(C)(C)C)N1C. The maximum atomic E-state index is 11.0. The lowest BCUT2D eigenvalue weighted by Crippen LogP contribution is -2.42. The molecule has 1 unspecified atom stereocenters. The summed E-state index contributed by atoms with van der Waals surface area (Å²) in [5.41, 5.74) is 0.644. The molecule has 0 aromatic rings. The minimum absolute atomic E-state index is 0.0554. The van der Waals surface area contributed by atoms with Crippen molar-refractivity contribution >= 4 is 20.5 Å². The highest BCUT2D eigenvalue weighted by atomic mass is 28.4. The van der Waals surface area contributed by atoms with Crippen molar-refractivity contribution in [2.24, 2.45) is 4.99 Å². The van der Waals surface area contributed by atoms with Gasteiger partial charge in [-0.25, -0.2) is 9.79 Å². The molecule has 0 aromatic carbocycles. The second kappa shape index (κ2) is 6.93. The summed E-state index contributed by atoms with van der Waals surface area (Å²) < 4.78 is 11.8. The standard InChI is InChI=1S/C15H28N2O4Si/c1-11-13(14(18)19)16-10-12(17(11)5)20-8-9-21-22(6,7)15(2,3)4/h10,12H,8-9H2,1-7H3,(H,18,19). The molecule has 0 saturated carbocycles. The smallest absolute Gasteiger partial charge is 0.356 e. The molecule has 1 N–H and O–H groups in total. The largest absolute Gasteiger partial charge is 0.476 e. The third-order valence-corrected chi connectivity index (χ3v) is 8.97. The molecule has 0 fully saturated rings. The summed E-state index contributed by atoms with van der Waals surface area (Å²) in [4.78, 5) is 16.8. The van der Waals surface area contributed by atoms with E-state index >= 15 is 0 Å². The Bertz CT molecular complexity index is 480. The van der Waals surface area contributed by atoms with E-state index in [9.17, 15) is 4.79 Å². The van der Waals surface area contributed by atoms with Gasteiger partial charge in [0.2, 0.25) is 0 Å². The fourth-order valence-corrected chi connectivity index (χ4v) is 2.76. The number of carboxylic acid groups (broad SMARTS) is 1. The average Bonchev–Trinajstić information content (AvgIpc) is 2.37. The van der Waals surface area contributed by atoms with Gasteiger partial charge in [-0.05, 0) is 25.1 Å². The van der Waals surface area contributed by atoms with Gasteiger partial charge in [-0.15, -0.1) is 0 Å². The zero-order valence-corrected chi connectivity index (χ0v) is 15.6. The Morgan fingerprint density at radius 3 is 2.50 bits per heavy atom. The molecule has 0 bridgehead atoms. The first-order valence-corrected chi connectivity index (χ1v) is 10.3. The Morgan fingerprint density at radius 2 is 2.00 bits per heavy atom. The van der Waals surface area contributed by atoms with Gasteiger partial charge in [0.05, 0.1) is 19.4 Å². The molecule has 0 amide bonds. The van der Waals surface area contributed by atoms with Crippen LogP contribution in [0.25, 0.3) is 0 Å². The van der Waals surface area contributed by atoms with Crippen LogP contribution in [0.1, 0.15) is 27.7 Å². The third-order valence-electron chi connectivity index (χ3n) is 4.43. The monoisotopic (exact) mass is 328 g/mol. The topological polar surface area (TPSA) is 71.4 Å². The Hall–Kier alpha value is -1.18. The van der Waals surface area contributed by atoms with Crippen molar-refractivity contribution in [2.75, 3.05) is 20.3 Å². The minimum Gasteiger partial charge on any atom is -0.476 e. The van der Waals surface area contributed by atoms with Crippen LogP contribution in [0.2, 0.25) is 18.1 Å². The molecule has 1 atom stereocenters. The zero-order valence-electron chi connectivity index (χ0n) is 14.6. The van der Waals surface area contributed by atoms with Crippen LogP contribution in [0.4, 0.5) is 0 Å². The summed E-state index contributed by atoms with van der Waals surface area (Å²) in [7, 11) is 0.0321. The lowest BCUT2D eigenvalue weighted by Gasteiger charge is -2.36. The number of carboxylic acids is 1. The lowest BCUT2D eigenvalue weighted by molar-refractivity contribution is -0.133. The molecule has 0 radical (unpaired) electrons. The Balaban J connectivity index is 2.49. The predicted octanol–water partition coefficient (Wildman–Crippen LogP) is 2.68. The van der Waals surface area contributed by atoms with Crippen LogP contribution in [0.3, 0.4) is 0 Å². The van der Waals surface area contributed by atoms with Gasteiger partial charge in [0.1, 0.15) is 0 Å². The molecule has 1 heterocycles. The summed E-state index contributed by atoms with van der Waals surface area (Å²) in [5.74, 6) is -1.03. The van der Waals surface area contributed by atoms with E-state index in [1.54, 1.807) is 18.9 Å². The molecular formula is C15H28N2O4Si. The summed E-state index contributed by atoms with van der Waals surface area (Å²) in [5, 5.41) is 9.21. The van der Waals surface area contributed by atoms with Gasteiger partial charge in [0, 0.05) is 12.7 Å². The molecule has 126 valence electrons. The van der Waals surface area contributed by atoms with Crippen molar-refractivity contribution in [2.45, 2.75) is 52.1 Å².